The van der Waals surface area contributed by atoms with Crippen molar-refractivity contribution in [1.29, 1.82) is 0 Å². The molecule has 4 heterocycles. The number of carbonyl (C=O) groups excluding carboxylic acids is 1. The van der Waals surface area contributed by atoms with Crippen LogP contribution in [0.2, 0.25) is 0 Å². The van der Waals surface area contributed by atoms with Crippen molar-refractivity contribution >= 4 is 44.8 Å². The van der Waals surface area contributed by atoms with Crippen molar-refractivity contribution in [3.63, 3.8) is 0 Å². The highest BCUT2D eigenvalue weighted by molar-refractivity contribution is 7.17. The van der Waals surface area contributed by atoms with E-state index in [2.05, 4.69) is 4.99 Å². The van der Waals surface area contributed by atoms with Gasteiger partial charge in [-0.25, -0.2) is 9.18 Å². The second kappa shape index (κ2) is 11.7. The monoisotopic (exact) mass is 639 g/mol. The van der Waals surface area contributed by atoms with Crippen molar-refractivity contribution in [2.24, 2.45) is 25.0 Å². The van der Waals surface area contributed by atoms with Gasteiger partial charge in [0, 0.05) is 38.1 Å². The number of hydrogen-bond donors (Lipinski definition) is 1. The fourth-order valence-corrected chi connectivity index (χ4v) is 7.02. The number of piperidine rings is 1. The van der Waals surface area contributed by atoms with Crippen LogP contribution in [0, 0.1) is 11.7 Å². The first-order chi connectivity index (χ1) is 20.3. The lowest BCUT2D eigenvalue weighted by Crippen LogP contribution is -2.39. The molecule has 43 heavy (non-hydrogen) atoms. The van der Waals surface area contributed by atoms with Crippen LogP contribution in [0.5, 0.6) is 0 Å². The van der Waals surface area contributed by atoms with E-state index in [9.17, 15) is 41.8 Å². The molecule has 0 unspecified atom stereocenters. The third kappa shape index (κ3) is 5.99. The number of halogens is 4. The molecule has 0 aliphatic carbocycles. The molecular formula is C27H25F4N5O5S2. The van der Waals surface area contributed by atoms with Crippen LogP contribution < -0.4 is 16.1 Å². The first kappa shape index (κ1) is 30.6. The Labute approximate surface area is 248 Å². The lowest BCUT2D eigenvalue weighted by atomic mass is 9.97. The number of nitrogens with zero attached hydrogens (tertiary/aromatic N) is 5. The summed E-state index contributed by atoms with van der Waals surface area (Å²) in [6.07, 6.45) is -4.34. The number of benzene rings is 1. The Morgan fingerprint density at radius 1 is 1.07 bits per heavy atom. The smallest absolute Gasteiger partial charge is 0.419 e. The Morgan fingerprint density at radius 3 is 2.40 bits per heavy atom. The van der Waals surface area contributed by atoms with Gasteiger partial charge in [-0.05, 0) is 35.9 Å². The minimum absolute atomic E-state index is 0.129. The number of carboxylic acid groups (broad SMARTS) is 1. The van der Waals surface area contributed by atoms with Gasteiger partial charge in [-0.3, -0.25) is 28.4 Å². The summed E-state index contributed by atoms with van der Waals surface area (Å²) < 4.78 is 57.9. The first-order valence-corrected chi connectivity index (χ1v) is 14.8. The number of hydrogen-bond acceptors (Lipinski definition) is 7. The van der Waals surface area contributed by atoms with Crippen LogP contribution in [0.3, 0.4) is 0 Å². The Hall–Kier alpha value is -3.89. The molecular weight excluding hydrogens is 614 g/mol. The fourth-order valence-electron chi connectivity index (χ4n) is 5.08. The maximum atomic E-state index is 14.5. The van der Waals surface area contributed by atoms with Gasteiger partial charge in [0.05, 0.1) is 35.7 Å². The van der Waals surface area contributed by atoms with E-state index in [-0.39, 0.29) is 28.8 Å². The molecule has 1 aromatic carbocycles. The second-order valence-corrected chi connectivity index (χ2v) is 11.9. The number of aromatic nitrogens is 3. The summed E-state index contributed by atoms with van der Waals surface area (Å²) in [6, 6.07) is 2.58. The molecule has 4 aromatic rings. The minimum Gasteiger partial charge on any atom is -0.481 e. The molecule has 10 nitrogen and oxygen atoms in total. The fraction of sp³-hybridized carbons (Fsp3) is 0.370. The Kier molecular flexibility index (Phi) is 8.28. The van der Waals surface area contributed by atoms with E-state index in [1.54, 1.807) is 15.3 Å². The average Bonchev–Trinajstić information content (AvgIpc) is 3.54. The number of aliphatic carboxylic acids is 1. The number of rotatable bonds is 6. The summed E-state index contributed by atoms with van der Waals surface area (Å²) in [5.74, 6) is -3.44. The van der Waals surface area contributed by atoms with E-state index in [1.807, 2.05) is 4.90 Å². The highest BCUT2D eigenvalue weighted by Gasteiger charge is 2.34. The number of carbonyl (C=O) groups is 2. The zero-order chi connectivity index (χ0) is 31.2. The maximum absolute atomic E-state index is 14.5. The van der Waals surface area contributed by atoms with E-state index in [0.29, 0.717) is 48.1 Å². The molecule has 0 spiro atoms. The highest BCUT2D eigenvalue weighted by atomic mass is 32.1. The standard InChI is InChI=1S/C27H25F4N5O5S2/c1-33-22(38)21-16(11-42-23(21)34(2)26(33)41)10-20(37)32-25-36(13-35-7-5-14(6-8-35)24(39)40)19(12-43-25)15-3-4-17(18(28)9-15)27(29,30)31/h3-4,9,11-12,14H,5-8,10,13H2,1-2H3,(H,39,40). The van der Waals surface area contributed by atoms with Crippen LogP contribution in [-0.4, -0.2) is 48.7 Å². The van der Waals surface area contributed by atoms with Crippen LogP contribution >= 0.6 is 22.7 Å². The van der Waals surface area contributed by atoms with Crippen molar-refractivity contribution in [2.45, 2.75) is 32.1 Å². The summed E-state index contributed by atoms with van der Waals surface area (Å²) in [4.78, 5) is 56.4. The molecule has 0 atom stereocenters. The molecule has 1 aliphatic heterocycles. The van der Waals surface area contributed by atoms with Gasteiger partial charge in [-0.15, -0.1) is 22.7 Å². The number of fused-ring (bicyclic) bond motifs is 1. The molecule has 1 fully saturated rings. The molecule has 1 amide bonds. The van der Waals surface area contributed by atoms with Gasteiger partial charge in [-0.2, -0.15) is 18.2 Å². The molecule has 1 aliphatic rings. The van der Waals surface area contributed by atoms with Crippen molar-refractivity contribution in [3.05, 3.63) is 71.5 Å². The highest BCUT2D eigenvalue weighted by Crippen LogP contribution is 2.34. The third-order valence-corrected chi connectivity index (χ3v) is 9.42. The third-order valence-electron chi connectivity index (χ3n) is 7.45. The predicted octanol–water partition coefficient (Wildman–Crippen LogP) is 3.41. The SMILES string of the molecule is Cn1c(=O)c2c(CC(=O)N=c3scc(-c4ccc(C(F)(F)F)c(F)c4)n3CN3CCC(C(=O)O)CC3)csc2n(C)c1=O. The largest absolute Gasteiger partial charge is 0.481 e. The summed E-state index contributed by atoms with van der Waals surface area (Å²) in [5, 5.41) is 12.7. The van der Waals surface area contributed by atoms with Gasteiger partial charge in [0.2, 0.25) is 0 Å². The van der Waals surface area contributed by atoms with Crippen molar-refractivity contribution in [3.8, 4) is 11.3 Å². The number of likely N-dealkylation sites (tertiary alicyclic amines) is 1. The molecule has 0 radical (unpaired) electrons. The Balaban J connectivity index is 1.52. The van der Waals surface area contributed by atoms with Crippen molar-refractivity contribution in [2.75, 3.05) is 13.1 Å². The number of thiazole rings is 1. The van der Waals surface area contributed by atoms with Crippen LogP contribution in [0.15, 0.2) is 43.5 Å². The lowest BCUT2D eigenvalue weighted by molar-refractivity contribution is -0.143. The normalized spacial score (nSPS) is 15.4. The Morgan fingerprint density at radius 2 is 1.77 bits per heavy atom. The molecule has 16 heteroatoms. The van der Waals surface area contributed by atoms with E-state index in [4.69, 9.17) is 0 Å². The number of carboxylic acids is 1. The Bertz CT molecular complexity index is 1930. The van der Waals surface area contributed by atoms with Crippen molar-refractivity contribution in [1.82, 2.24) is 18.6 Å². The van der Waals surface area contributed by atoms with Crippen LogP contribution in [0.4, 0.5) is 17.6 Å². The van der Waals surface area contributed by atoms with E-state index in [1.165, 1.54) is 18.7 Å². The van der Waals surface area contributed by atoms with Gasteiger partial charge in [-0.1, -0.05) is 6.07 Å². The van der Waals surface area contributed by atoms with Crippen LogP contribution in [0.25, 0.3) is 21.5 Å². The number of alkyl halides is 3. The van der Waals surface area contributed by atoms with E-state index in [0.717, 1.165) is 39.4 Å². The van der Waals surface area contributed by atoms with Crippen LogP contribution in [0.1, 0.15) is 24.0 Å². The molecule has 3 aromatic heterocycles. The number of amides is 1. The molecule has 1 N–H and O–H groups in total. The number of thiophene rings is 1. The number of aryl methyl sites for hydroxylation is 1. The summed E-state index contributed by atoms with van der Waals surface area (Å²) in [6.45, 7) is 0.956. The van der Waals surface area contributed by atoms with E-state index < -0.39 is 46.6 Å². The molecule has 5 rings (SSSR count). The zero-order valence-electron chi connectivity index (χ0n) is 22.9. The zero-order valence-corrected chi connectivity index (χ0v) is 24.5. The average molecular weight is 640 g/mol. The van der Waals surface area contributed by atoms with Gasteiger partial charge < -0.3 is 9.67 Å². The first-order valence-electron chi connectivity index (χ1n) is 13.0. The van der Waals surface area contributed by atoms with Gasteiger partial charge in [0.1, 0.15) is 10.6 Å². The maximum Gasteiger partial charge on any atom is 0.419 e. The topological polar surface area (TPSA) is 119 Å². The van der Waals surface area contributed by atoms with Crippen molar-refractivity contribution < 1.29 is 32.3 Å². The molecule has 0 saturated carbocycles. The quantitative estimate of drug-likeness (QED) is 0.323. The van der Waals surface area contributed by atoms with Crippen LogP contribution in [-0.2, 0) is 43.0 Å². The summed E-state index contributed by atoms with van der Waals surface area (Å²) in [5.41, 5.74) is -1.57. The summed E-state index contributed by atoms with van der Waals surface area (Å²) >= 11 is 2.19. The summed E-state index contributed by atoms with van der Waals surface area (Å²) in [7, 11) is 2.87. The van der Waals surface area contributed by atoms with Gasteiger partial charge in [0.25, 0.3) is 11.5 Å². The molecule has 228 valence electrons. The lowest BCUT2D eigenvalue weighted by Gasteiger charge is -2.30. The van der Waals surface area contributed by atoms with Gasteiger partial charge in [0.15, 0.2) is 4.80 Å². The van der Waals surface area contributed by atoms with E-state index >= 15 is 0 Å². The van der Waals surface area contributed by atoms with Gasteiger partial charge >= 0.3 is 17.8 Å². The molecule has 0 bridgehead atoms. The predicted molar refractivity (Wildman–Crippen MR) is 151 cm³/mol. The second-order valence-electron chi connectivity index (χ2n) is 10.2. The minimum atomic E-state index is -4.87. The molecule has 1 saturated heterocycles.